The molecule has 58 heavy (non-hydrogen) atoms. The Labute approximate surface area is 342 Å². The van der Waals surface area contributed by atoms with E-state index >= 15 is 0 Å². The number of methoxy groups -OCH3 is 4. The second kappa shape index (κ2) is 18.9. The Hall–Kier alpha value is -5.39. The maximum Gasteiger partial charge on any atom is 0.407 e. The van der Waals surface area contributed by atoms with Gasteiger partial charge >= 0.3 is 12.2 Å². The zero-order valence-corrected chi connectivity index (χ0v) is 34.6. The van der Waals surface area contributed by atoms with Gasteiger partial charge in [-0.3, -0.25) is 9.59 Å². The third-order valence-electron chi connectivity index (χ3n) is 11.1. The molecule has 2 aromatic heterocycles. The van der Waals surface area contributed by atoms with Crippen molar-refractivity contribution in [2.24, 2.45) is 0 Å². The first kappa shape index (κ1) is 42.2. The van der Waals surface area contributed by atoms with Gasteiger partial charge in [0.25, 0.3) is 0 Å². The standard InChI is InChI=1S/C41H52N8O8S/c1-23(54-3)34(46-40(52)56-5)38(50)48-18-8-9-32(48)36-42-20-30(44-36)27-14-10-25(11-15-27)26-12-16-28(17-13-26)31-21-43-37(45-31)33-19-29(58-7)22-49(33)39(51)35(24(2)55-4)47-41(53)57-6/h10-17,20-21,23-24,29,32-35H,8-9,18-19,22H2,1-7H3,(H,42,44)(H,43,45)(H,46,52)(H,47,53)/t23-,24-,29+,32+,33+,34+,35+/m1/s1. The molecular weight excluding hydrogens is 765 g/mol. The van der Waals surface area contributed by atoms with E-state index in [1.54, 1.807) is 47.8 Å². The molecule has 2 saturated heterocycles. The predicted molar refractivity (Wildman–Crippen MR) is 219 cm³/mol. The number of rotatable bonds is 14. The van der Waals surface area contributed by atoms with E-state index in [1.807, 2.05) is 30.5 Å². The molecule has 0 bridgehead atoms. The molecule has 7 atom stereocenters. The van der Waals surface area contributed by atoms with Crippen LogP contribution in [0, 0.1) is 0 Å². The number of aromatic amines is 2. The van der Waals surface area contributed by atoms with Crippen molar-refractivity contribution in [2.45, 2.75) is 74.7 Å². The molecule has 0 saturated carbocycles. The smallest absolute Gasteiger partial charge is 0.407 e. The number of amides is 4. The molecule has 16 nitrogen and oxygen atoms in total. The van der Waals surface area contributed by atoms with Crippen molar-refractivity contribution in [3.8, 4) is 33.6 Å². The van der Waals surface area contributed by atoms with E-state index in [9.17, 15) is 19.2 Å². The summed E-state index contributed by atoms with van der Waals surface area (Å²) in [6.07, 6.45) is 5.32. The monoisotopic (exact) mass is 816 g/mol. The number of H-pyrrole nitrogens is 2. The fourth-order valence-electron chi connectivity index (χ4n) is 7.54. The predicted octanol–water partition coefficient (Wildman–Crippen LogP) is 5.32. The van der Waals surface area contributed by atoms with Crippen molar-refractivity contribution in [1.82, 2.24) is 40.4 Å². The third-order valence-corrected chi connectivity index (χ3v) is 12.1. The minimum atomic E-state index is -0.920. The lowest BCUT2D eigenvalue weighted by atomic mass is 10.0. The van der Waals surface area contributed by atoms with E-state index in [-0.39, 0.29) is 29.1 Å². The first-order chi connectivity index (χ1) is 28.0. The maximum absolute atomic E-state index is 13.9. The number of ether oxygens (including phenoxy) is 4. The molecule has 0 radical (unpaired) electrons. The summed E-state index contributed by atoms with van der Waals surface area (Å²) >= 11 is 1.70. The summed E-state index contributed by atoms with van der Waals surface area (Å²) in [6.45, 7) is 4.52. The lowest BCUT2D eigenvalue weighted by Gasteiger charge is -2.30. The van der Waals surface area contributed by atoms with E-state index in [4.69, 9.17) is 23.9 Å². The normalized spacial score (nSPS) is 19.9. The number of nitrogens with one attached hydrogen (secondary N) is 4. The van der Waals surface area contributed by atoms with Gasteiger partial charge in [-0.15, -0.1) is 0 Å². The van der Waals surface area contributed by atoms with Gasteiger partial charge in [0.15, 0.2) is 0 Å². The molecule has 0 spiro atoms. The number of hydrogen-bond acceptors (Lipinski definition) is 11. The second-order valence-corrected chi connectivity index (χ2v) is 15.6. The minimum Gasteiger partial charge on any atom is -0.453 e. The Morgan fingerprint density at radius 3 is 1.60 bits per heavy atom. The number of alkyl carbamates (subject to hydrolysis) is 2. The van der Waals surface area contributed by atoms with Gasteiger partial charge in [-0.25, -0.2) is 19.6 Å². The quantitative estimate of drug-likeness (QED) is 0.129. The van der Waals surface area contributed by atoms with E-state index in [1.165, 1.54) is 28.4 Å². The molecule has 2 fully saturated rings. The van der Waals surface area contributed by atoms with Gasteiger partial charge in [-0.05, 0) is 61.6 Å². The molecule has 0 unspecified atom stereocenters. The highest BCUT2D eigenvalue weighted by Crippen LogP contribution is 2.38. The number of thioether (sulfide) groups is 1. The molecule has 2 aliphatic heterocycles. The first-order valence-corrected chi connectivity index (χ1v) is 20.5. The molecule has 2 aromatic carbocycles. The number of hydrogen-bond donors (Lipinski definition) is 4. The van der Waals surface area contributed by atoms with E-state index < -0.39 is 36.5 Å². The summed E-state index contributed by atoms with van der Waals surface area (Å²) in [5.41, 5.74) is 5.62. The summed E-state index contributed by atoms with van der Waals surface area (Å²) < 4.78 is 20.4. The highest BCUT2D eigenvalue weighted by Gasteiger charge is 2.42. The van der Waals surface area contributed by atoms with Gasteiger partial charge < -0.3 is 49.3 Å². The van der Waals surface area contributed by atoms with Crippen molar-refractivity contribution in [2.75, 3.05) is 47.8 Å². The van der Waals surface area contributed by atoms with Gasteiger partial charge in [-0.2, -0.15) is 11.8 Å². The summed E-state index contributed by atoms with van der Waals surface area (Å²) in [5.74, 6) is 0.850. The Balaban J connectivity index is 1.13. The van der Waals surface area contributed by atoms with Gasteiger partial charge in [0.05, 0.1) is 62.3 Å². The van der Waals surface area contributed by atoms with Crippen LogP contribution in [-0.4, -0.2) is 131 Å². The van der Waals surface area contributed by atoms with Crippen LogP contribution in [0.25, 0.3) is 33.6 Å². The molecule has 310 valence electrons. The maximum atomic E-state index is 13.9. The fourth-order valence-corrected chi connectivity index (χ4v) is 8.22. The van der Waals surface area contributed by atoms with Crippen molar-refractivity contribution in [3.05, 3.63) is 72.6 Å². The molecule has 6 rings (SSSR count). The number of likely N-dealkylation sites (tertiary alicyclic amines) is 2. The van der Waals surface area contributed by atoms with Crippen LogP contribution in [0.4, 0.5) is 9.59 Å². The average molecular weight is 817 g/mol. The van der Waals surface area contributed by atoms with Gasteiger partial charge in [0.1, 0.15) is 23.7 Å². The highest BCUT2D eigenvalue weighted by atomic mass is 32.2. The topological polar surface area (TPSA) is 193 Å². The summed E-state index contributed by atoms with van der Waals surface area (Å²) in [6, 6.07) is 14.0. The third kappa shape index (κ3) is 9.16. The number of carbonyl (C=O) groups excluding carboxylic acids is 4. The number of nitrogens with zero attached hydrogens (tertiary/aromatic N) is 4. The molecule has 4 aromatic rings. The lowest BCUT2D eigenvalue weighted by Crippen LogP contribution is -2.54. The van der Waals surface area contributed by atoms with Crippen molar-refractivity contribution in [1.29, 1.82) is 0 Å². The van der Waals surface area contributed by atoms with E-state index in [0.717, 1.165) is 46.5 Å². The van der Waals surface area contributed by atoms with Gasteiger partial charge in [-0.1, -0.05) is 48.5 Å². The van der Waals surface area contributed by atoms with Crippen LogP contribution in [-0.2, 0) is 28.5 Å². The number of aromatic nitrogens is 4. The van der Waals surface area contributed by atoms with E-state index in [0.29, 0.717) is 31.2 Å². The number of benzene rings is 2. The zero-order valence-electron chi connectivity index (χ0n) is 33.8. The van der Waals surface area contributed by atoms with Gasteiger partial charge in [0, 0.05) is 32.6 Å². The van der Waals surface area contributed by atoms with Crippen LogP contribution in [0.2, 0.25) is 0 Å². The van der Waals surface area contributed by atoms with Crippen LogP contribution < -0.4 is 10.6 Å². The van der Waals surface area contributed by atoms with Crippen molar-refractivity contribution >= 4 is 35.8 Å². The zero-order chi connectivity index (χ0) is 41.5. The van der Waals surface area contributed by atoms with Crippen LogP contribution >= 0.6 is 11.8 Å². The molecule has 0 aliphatic carbocycles. The van der Waals surface area contributed by atoms with Crippen LogP contribution in [0.3, 0.4) is 0 Å². The minimum absolute atomic E-state index is 0.204. The Morgan fingerprint density at radius 1 is 0.707 bits per heavy atom. The second-order valence-electron chi connectivity index (χ2n) is 14.4. The Bertz CT molecular complexity index is 2040. The molecule has 17 heteroatoms. The molecule has 2 aliphatic rings. The highest BCUT2D eigenvalue weighted by molar-refractivity contribution is 7.99. The number of carbonyl (C=O) groups is 4. The fraction of sp³-hybridized carbons (Fsp3) is 0.463. The molecular formula is C41H52N8O8S. The molecule has 4 amide bonds. The van der Waals surface area contributed by atoms with Crippen LogP contribution in [0.15, 0.2) is 60.9 Å². The summed E-state index contributed by atoms with van der Waals surface area (Å²) in [5, 5.41) is 5.46. The summed E-state index contributed by atoms with van der Waals surface area (Å²) in [4.78, 5) is 71.4. The van der Waals surface area contributed by atoms with Crippen molar-refractivity contribution < 1.29 is 38.1 Å². The Morgan fingerprint density at radius 2 is 1.16 bits per heavy atom. The van der Waals surface area contributed by atoms with Crippen LogP contribution in [0.5, 0.6) is 0 Å². The number of imidazole rings is 2. The Kier molecular flexibility index (Phi) is 13.8. The summed E-state index contributed by atoms with van der Waals surface area (Å²) in [7, 11) is 5.51. The largest absolute Gasteiger partial charge is 0.453 e. The van der Waals surface area contributed by atoms with E-state index in [2.05, 4.69) is 49.9 Å². The van der Waals surface area contributed by atoms with Crippen LogP contribution in [0.1, 0.15) is 56.8 Å². The first-order valence-electron chi connectivity index (χ1n) is 19.2. The van der Waals surface area contributed by atoms with Gasteiger partial charge in [0.2, 0.25) is 11.8 Å². The van der Waals surface area contributed by atoms with Crippen molar-refractivity contribution in [3.63, 3.8) is 0 Å². The SMILES string of the molecule is COC(=O)N[C@H](C(=O)N1CCC[C@H]1c1ncc(-c2ccc(-c3ccc(-c4cnc([C@@H]5C[C@H](SC)CN5C(=O)[C@@H](NC(=O)OC)[C@@H](C)OC)[nH]4)cc3)cc2)[nH]1)[C@@H](C)OC. The average Bonchev–Trinajstić information content (AvgIpc) is 4.10. The molecule has 4 N–H and O–H groups in total. The molecule has 4 heterocycles. The lowest BCUT2D eigenvalue weighted by molar-refractivity contribution is -0.138.